The molecule has 7 aromatic rings. The van der Waals surface area contributed by atoms with Crippen LogP contribution in [0.2, 0.25) is 10.0 Å². The lowest BCUT2D eigenvalue weighted by Crippen LogP contribution is -2.39. The number of carboxylic acids is 2. The second-order valence-corrected chi connectivity index (χ2v) is 16.0. The second-order valence-electron chi connectivity index (χ2n) is 15.1. The first-order chi connectivity index (χ1) is 32.3. The molecule has 0 radical (unpaired) electrons. The van der Waals surface area contributed by atoms with Crippen LogP contribution in [0.25, 0.3) is 22.3 Å². The predicted octanol–water partition coefficient (Wildman–Crippen LogP) is 6.17. The molecular weight excluding hydrogens is 913 g/mol. The number of rotatable bonds is 19. The van der Waals surface area contributed by atoms with E-state index in [0.29, 0.717) is 45.1 Å². The summed E-state index contributed by atoms with van der Waals surface area (Å²) in [4.78, 5) is 48.5. The van der Waals surface area contributed by atoms with Crippen molar-refractivity contribution in [2.24, 2.45) is 11.8 Å². The predicted molar refractivity (Wildman–Crippen MR) is 239 cm³/mol. The van der Waals surface area contributed by atoms with Crippen LogP contribution < -0.4 is 10.6 Å². The number of nitrogens with one attached hydrogen (secondary N) is 5. The lowest BCUT2D eigenvalue weighted by molar-refractivity contribution is -0.143. The molecule has 18 nitrogen and oxygen atoms in total. The minimum absolute atomic E-state index is 0.0369. The Labute approximate surface area is 390 Å². The van der Waals surface area contributed by atoms with Crippen molar-refractivity contribution >= 4 is 47.0 Å². The van der Waals surface area contributed by atoms with E-state index in [2.05, 4.69) is 68.0 Å². The molecule has 0 aliphatic heterocycles. The van der Waals surface area contributed by atoms with Crippen molar-refractivity contribution in [3.8, 4) is 34.6 Å². The molecule has 4 aromatic carbocycles. The highest BCUT2D eigenvalue weighted by molar-refractivity contribution is 6.31. The molecule has 3 heterocycles. The highest BCUT2D eigenvalue weighted by Gasteiger charge is 2.28. The maximum Gasteiger partial charge on any atom is 0.307 e. The number of aliphatic carboxylic acids is 2. The van der Waals surface area contributed by atoms with Crippen molar-refractivity contribution in [3.63, 3.8) is 0 Å². The van der Waals surface area contributed by atoms with E-state index in [9.17, 15) is 38.2 Å². The molecule has 3 aromatic heterocycles. The zero-order chi connectivity index (χ0) is 47.9. The van der Waals surface area contributed by atoms with E-state index in [0.717, 1.165) is 11.1 Å². The minimum atomic E-state index is -1.05. The van der Waals surface area contributed by atoms with Gasteiger partial charge in [-0.25, -0.2) is 8.78 Å². The van der Waals surface area contributed by atoms with E-state index in [1.54, 1.807) is 60.7 Å². The van der Waals surface area contributed by atoms with Crippen molar-refractivity contribution in [1.82, 2.24) is 62.1 Å². The third kappa shape index (κ3) is 14.1. The number of hydrogen-bond acceptors (Lipinski definition) is 11. The van der Waals surface area contributed by atoms with Crippen LogP contribution in [0.3, 0.4) is 0 Å². The summed E-state index contributed by atoms with van der Waals surface area (Å²) in [5.74, 6) is -2.92. The summed E-state index contributed by atoms with van der Waals surface area (Å²) in [5, 5.41) is 58.6. The molecule has 0 bridgehead atoms. The summed E-state index contributed by atoms with van der Waals surface area (Å²) in [6, 6.07) is 21.7. The van der Waals surface area contributed by atoms with Crippen LogP contribution >= 0.6 is 23.2 Å². The zero-order valence-electron chi connectivity index (χ0n) is 35.0. The smallest absolute Gasteiger partial charge is 0.307 e. The fourth-order valence-electron chi connectivity index (χ4n) is 7.04. The third-order valence-electron chi connectivity index (χ3n) is 10.3. The van der Waals surface area contributed by atoms with Crippen molar-refractivity contribution in [3.05, 3.63) is 147 Å². The van der Waals surface area contributed by atoms with Gasteiger partial charge in [0.15, 0.2) is 17.2 Å². The quantitative estimate of drug-likeness (QED) is 0.0448. The topological polar surface area (TPSA) is 270 Å². The van der Waals surface area contributed by atoms with Crippen LogP contribution in [-0.4, -0.2) is 97.5 Å². The average Bonchev–Trinajstić information content (AvgIpc) is 4.15. The van der Waals surface area contributed by atoms with Gasteiger partial charge in [-0.1, -0.05) is 76.9 Å². The zero-order valence-corrected chi connectivity index (χ0v) is 36.5. The number of halogens is 4. The molecule has 22 heteroatoms. The van der Waals surface area contributed by atoms with Crippen molar-refractivity contribution in [2.75, 3.05) is 0 Å². The Morgan fingerprint density at radius 2 is 1.10 bits per heavy atom. The average molecular weight is 954 g/mol. The lowest BCUT2D eigenvalue weighted by Gasteiger charge is -2.22. The summed E-state index contributed by atoms with van der Waals surface area (Å²) >= 11 is 12.0. The summed E-state index contributed by atoms with van der Waals surface area (Å²) in [7, 11) is 0. The number of amides is 2. The fourth-order valence-corrected chi connectivity index (χ4v) is 7.38. The second kappa shape index (κ2) is 23.3. The summed E-state index contributed by atoms with van der Waals surface area (Å²) in [5.41, 5.74) is 3.82. The number of hydrogen-bond donors (Lipinski definition) is 7. The number of benzene rings is 4. The number of tetrazole rings is 1. The van der Waals surface area contributed by atoms with E-state index in [-0.39, 0.29) is 42.9 Å². The largest absolute Gasteiger partial charge is 0.481 e. The first-order valence-electron chi connectivity index (χ1n) is 20.3. The van der Waals surface area contributed by atoms with E-state index in [1.165, 1.54) is 36.7 Å². The molecule has 2 amide bonds. The SMILES string of the molecule is C#CC[C@H](C[C@@H](Cc1ccc(-c2cc(Cl)ccc2F)cc1)NC(=O)c1cn[nH]n1)C(=O)O.O=C(N[C@H](Cc1ccc(-c2cc(Cl)ccc2F)cc1)C[C@@H](Cc1nn[nH]n1)C(=O)O)c1cn[nH]n1. The first kappa shape index (κ1) is 48.6. The van der Waals surface area contributed by atoms with E-state index in [1.807, 2.05) is 0 Å². The van der Waals surface area contributed by atoms with Crippen molar-refractivity contribution < 1.29 is 38.2 Å². The highest BCUT2D eigenvalue weighted by atomic mass is 35.5. The number of H-pyrrole nitrogens is 3. The van der Waals surface area contributed by atoms with Gasteiger partial charge in [0.25, 0.3) is 11.8 Å². The Bertz CT molecular complexity index is 2790. The molecule has 0 spiro atoms. The summed E-state index contributed by atoms with van der Waals surface area (Å²) < 4.78 is 28.4. The fraction of sp³-hybridized carbons (Fsp3) is 0.222. The van der Waals surface area contributed by atoms with Gasteiger partial charge in [0.1, 0.15) is 11.6 Å². The van der Waals surface area contributed by atoms with Crippen LogP contribution in [0.1, 0.15) is 57.2 Å². The Hall–Kier alpha value is -7.89. The van der Waals surface area contributed by atoms with Crippen LogP contribution in [0.4, 0.5) is 8.78 Å². The van der Waals surface area contributed by atoms with Gasteiger partial charge in [0.05, 0.1) is 24.2 Å². The van der Waals surface area contributed by atoms with Gasteiger partial charge in [0.2, 0.25) is 0 Å². The van der Waals surface area contributed by atoms with Gasteiger partial charge >= 0.3 is 11.9 Å². The van der Waals surface area contributed by atoms with E-state index >= 15 is 0 Å². The van der Waals surface area contributed by atoms with Gasteiger partial charge in [-0.05, 0) is 84.3 Å². The number of carboxylic acid groups (broad SMARTS) is 2. The van der Waals surface area contributed by atoms with Crippen LogP contribution in [-0.2, 0) is 28.9 Å². The number of carbonyl (C=O) groups is 4. The van der Waals surface area contributed by atoms with Crippen molar-refractivity contribution in [1.29, 1.82) is 0 Å². The molecule has 0 aliphatic rings. The molecular formula is C45H40Cl2F2N12O6. The van der Waals surface area contributed by atoms with Gasteiger partial charge in [0, 0.05) is 46.1 Å². The minimum Gasteiger partial charge on any atom is -0.481 e. The third-order valence-corrected chi connectivity index (χ3v) is 10.8. The number of carbonyl (C=O) groups excluding carboxylic acids is 2. The van der Waals surface area contributed by atoms with Gasteiger partial charge < -0.3 is 20.8 Å². The van der Waals surface area contributed by atoms with Crippen LogP contribution in [0.5, 0.6) is 0 Å². The molecule has 344 valence electrons. The van der Waals surface area contributed by atoms with Crippen molar-refractivity contribution in [2.45, 2.75) is 50.6 Å². The van der Waals surface area contributed by atoms with Gasteiger partial charge in [-0.2, -0.15) is 36.0 Å². The molecule has 67 heavy (non-hydrogen) atoms. The Kier molecular flexibility index (Phi) is 16.9. The molecule has 0 aliphatic carbocycles. The number of nitrogens with zero attached hydrogens (tertiary/aromatic N) is 7. The van der Waals surface area contributed by atoms with Crippen LogP contribution in [0.15, 0.2) is 97.3 Å². The summed E-state index contributed by atoms with van der Waals surface area (Å²) in [6.07, 6.45) is 8.82. The Morgan fingerprint density at radius 1 is 0.642 bits per heavy atom. The molecule has 7 N–H and O–H groups in total. The Morgan fingerprint density at radius 3 is 1.49 bits per heavy atom. The molecule has 4 atom stereocenters. The van der Waals surface area contributed by atoms with Gasteiger partial charge in [-0.3, -0.25) is 19.2 Å². The first-order valence-corrected chi connectivity index (χ1v) is 21.0. The maximum absolute atomic E-state index is 14.2. The standard InChI is InChI=1S/C23H20ClFN4O3.C22H20ClFN8O3/c1-2-3-16(23(31)32)11-18(27-22(30)21-13-26-29-28-21)10-14-4-6-15(7-5-14)19-12-17(24)8-9-20(19)25;23-15-5-6-18(24)17(10-15)13-3-1-12(2-4-13)7-16(26-21(33)19-11-25-30-27-19)8-14(22(34)35)9-20-28-31-32-29-20/h1,4-9,12-13,16,18H,3,10-11H2,(H,27,30)(H,31,32)(H,26,28,29);1-6,10-11,14,16H,7-9H2,(H,26,33)(H,34,35)(H,25,27,30)(H,28,29,31,32)/t16-,18-;14-,16+/m10/s1. The Balaban J connectivity index is 0.000000222. The molecule has 0 fully saturated rings. The van der Waals surface area contributed by atoms with Gasteiger partial charge in [-0.15, -0.1) is 22.5 Å². The lowest BCUT2D eigenvalue weighted by atomic mass is 9.91. The molecule has 0 unspecified atom stereocenters. The number of terminal acetylenes is 1. The highest BCUT2D eigenvalue weighted by Crippen LogP contribution is 2.29. The normalized spacial score (nSPS) is 12.6. The monoisotopic (exact) mass is 952 g/mol. The van der Waals surface area contributed by atoms with Crippen LogP contribution in [0, 0.1) is 35.8 Å². The van der Waals surface area contributed by atoms with E-state index in [4.69, 9.17) is 29.6 Å². The summed E-state index contributed by atoms with van der Waals surface area (Å²) in [6.45, 7) is 0. The number of aromatic nitrogens is 10. The molecule has 0 saturated heterocycles. The number of aromatic amines is 3. The molecule has 0 saturated carbocycles. The maximum atomic E-state index is 14.2. The molecule has 7 rings (SSSR count). The van der Waals surface area contributed by atoms with E-state index < -0.39 is 59.3 Å².